The van der Waals surface area contributed by atoms with Gasteiger partial charge in [0.25, 0.3) is 0 Å². The fourth-order valence-electron chi connectivity index (χ4n) is 2.50. The van der Waals surface area contributed by atoms with E-state index in [4.69, 9.17) is 0 Å². The summed E-state index contributed by atoms with van der Waals surface area (Å²) in [6.07, 6.45) is 1.97. The number of fused-ring (bicyclic) bond motifs is 1. The molecule has 2 aromatic carbocycles. The predicted octanol–water partition coefficient (Wildman–Crippen LogP) is 2.89. The second-order valence-corrected chi connectivity index (χ2v) is 5.86. The first-order chi connectivity index (χ1) is 11.2. The van der Waals surface area contributed by atoms with Crippen molar-refractivity contribution in [2.75, 3.05) is 11.6 Å². The zero-order valence-corrected chi connectivity index (χ0v) is 13.5. The van der Waals surface area contributed by atoms with E-state index in [9.17, 15) is 9.90 Å². The number of hydrogen-bond acceptors (Lipinski definition) is 4. The average Bonchev–Trinajstić information content (AvgIpc) is 2.93. The van der Waals surface area contributed by atoms with Crippen molar-refractivity contribution in [2.24, 2.45) is 0 Å². The molecule has 118 valence electrons. The van der Waals surface area contributed by atoms with Crippen LogP contribution in [0.1, 0.15) is 5.82 Å². The van der Waals surface area contributed by atoms with Gasteiger partial charge in [-0.15, -0.1) is 11.8 Å². The maximum Gasteiger partial charge on any atom is 0.244 e. The predicted molar refractivity (Wildman–Crippen MR) is 92.5 cm³/mol. The Bertz CT molecular complexity index is 845. The van der Waals surface area contributed by atoms with Crippen molar-refractivity contribution in [1.29, 1.82) is 0 Å². The van der Waals surface area contributed by atoms with Crippen molar-refractivity contribution in [1.82, 2.24) is 9.55 Å². The number of carbonyl (C=O) groups is 1. The normalized spacial score (nSPS) is 10.9. The minimum absolute atomic E-state index is 0.110. The third-order valence-electron chi connectivity index (χ3n) is 3.56. The van der Waals surface area contributed by atoms with Crippen LogP contribution in [-0.2, 0) is 17.9 Å². The lowest BCUT2D eigenvalue weighted by Crippen LogP contribution is -2.20. The van der Waals surface area contributed by atoms with Gasteiger partial charge in [-0.05, 0) is 30.5 Å². The highest BCUT2D eigenvalue weighted by Crippen LogP contribution is 2.24. The molecule has 0 unspecified atom stereocenters. The first kappa shape index (κ1) is 15.6. The molecule has 1 aromatic heterocycles. The maximum absolute atomic E-state index is 12.4. The number of para-hydroxylation sites is 3. The summed E-state index contributed by atoms with van der Waals surface area (Å²) >= 11 is 1.58. The number of nitrogens with zero attached hydrogens (tertiary/aromatic N) is 2. The van der Waals surface area contributed by atoms with Crippen molar-refractivity contribution in [3.8, 4) is 0 Å². The van der Waals surface area contributed by atoms with Gasteiger partial charge in [-0.2, -0.15) is 0 Å². The number of thioether (sulfide) groups is 1. The number of benzene rings is 2. The zero-order chi connectivity index (χ0) is 16.2. The van der Waals surface area contributed by atoms with E-state index in [1.807, 2.05) is 54.8 Å². The number of aliphatic hydroxyl groups excluding tert-OH is 1. The molecule has 5 nitrogen and oxygen atoms in total. The summed E-state index contributed by atoms with van der Waals surface area (Å²) in [4.78, 5) is 17.8. The van der Waals surface area contributed by atoms with Gasteiger partial charge in [-0.3, -0.25) is 4.79 Å². The lowest BCUT2D eigenvalue weighted by Gasteiger charge is -2.11. The number of amides is 1. The van der Waals surface area contributed by atoms with Gasteiger partial charge in [0.15, 0.2) is 0 Å². The zero-order valence-electron chi connectivity index (χ0n) is 12.7. The van der Waals surface area contributed by atoms with Gasteiger partial charge >= 0.3 is 0 Å². The Morgan fingerprint density at radius 2 is 1.96 bits per heavy atom. The van der Waals surface area contributed by atoms with Gasteiger partial charge in [0, 0.05) is 4.90 Å². The minimum Gasteiger partial charge on any atom is -0.388 e. The summed E-state index contributed by atoms with van der Waals surface area (Å²) in [5.41, 5.74) is 2.40. The first-order valence-electron chi connectivity index (χ1n) is 7.21. The Morgan fingerprint density at radius 3 is 2.74 bits per heavy atom. The standard InChI is InChI=1S/C17H17N3O2S/c1-23-15-9-5-3-7-13(15)19-17(22)10-20-14-8-4-2-6-12(14)18-16(20)11-21/h2-9,21H,10-11H2,1H3,(H,19,22). The number of hydrogen-bond donors (Lipinski definition) is 2. The van der Waals surface area contributed by atoms with Crippen molar-refractivity contribution in [3.63, 3.8) is 0 Å². The Hall–Kier alpha value is -2.31. The van der Waals surface area contributed by atoms with Crippen LogP contribution in [0.3, 0.4) is 0 Å². The Morgan fingerprint density at radius 1 is 1.22 bits per heavy atom. The van der Waals surface area contributed by atoms with Crippen LogP contribution in [0.15, 0.2) is 53.4 Å². The Labute approximate surface area is 138 Å². The summed E-state index contributed by atoms with van der Waals surface area (Å²) in [5, 5.41) is 12.4. The van der Waals surface area contributed by atoms with E-state index in [1.165, 1.54) is 0 Å². The number of nitrogens with one attached hydrogen (secondary N) is 1. The summed E-state index contributed by atoms with van der Waals surface area (Å²) < 4.78 is 1.74. The number of rotatable bonds is 5. The highest BCUT2D eigenvalue weighted by molar-refractivity contribution is 7.98. The molecule has 0 radical (unpaired) electrons. The number of carbonyl (C=O) groups excluding carboxylic acids is 1. The van der Waals surface area contributed by atoms with Crippen LogP contribution in [0.4, 0.5) is 5.69 Å². The average molecular weight is 327 g/mol. The first-order valence-corrected chi connectivity index (χ1v) is 8.43. The van der Waals surface area contributed by atoms with Crippen LogP contribution in [0.5, 0.6) is 0 Å². The molecule has 0 aliphatic heterocycles. The van der Waals surface area contributed by atoms with E-state index in [-0.39, 0.29) is 19.1 Å². The van der Waals surface area contributed by atoms with Gasteiger partial charge in [0.1, 0.15) is 19.0 Å². The maximum atomic E-state index is 12.4. The minimum atomic E-state index is -0.205. The molecule has 0 atom stereocenters. The van der Waals surface area contributed by atoms with E-state index < -0.39 is 0 Å². The van der Waals surface area contributed by atoms with Crippen LogP contribution < -0.4 is 5.32 Å². The molecular formula is C17H17N3O2S. The van der Waals surface area contributed by atoms with Crippen molar-refractivity contribution >= 4 is 34.4 Å². The molecule has 0 fully saturated rings. The van der Waals surface area contributed by atoms with Crippen molar-refractivity contribution in [3.05, 3.63) is 54.4 Å². The molecular weight excluding hydrogens is 310 g/mol. The van der Waals surface area contributed by atoms with Crippen LogP contribution in [0.25, 0.3) is 11.0 Å². The third-order valence-corrected chi connectivity index (χ3v) is 4.35. The lowest BCUT2D eigenvalue weighted by atomic mass is 10.3. The van der Waals surface area contributed by atoms with Crippen molar-refractivity contribution < 1.29 is 9.90 Å². The van der Waals surface area contributed by atoms with E-state index in [0.717, 1.165) is 21.6 Å². The largest absolute Gasteiger partial charge is 0.388 e. The highest BCUT2D eigenvalue weighted by atomic mass is 32.2. The molecule has 0 bridgehead atoms. The highest BCUT2D eigenvalue weighted by Gasteiger charge is 2.13. The fourth-order valence-corrected chi connectivity index (χ4v) is 3.06. The van der Waals surface area contributed by atoms with Gasteiger partial charge < -0.3 is 15.0 Å². The molecule has 23 heavy (non-hydrogen) atoms. The van der Waals surface area contributed by atoms with Crippen molar-refractivity contribution in [2.45, 2.75) is 18.0 Å². The molecule has 2 N–H and O–H groups in total. The fraction of sp³-hybridized carbons (Fsp3) is 0.176. The number of anilines is 1. The third kappa shape index (κ3) is 3.23. The van der Waals surface area contributed by atoms with Crippen LogP contribution in [-0.4, -0.2) is 26.8 Å². The molecule has 0 aliphatic rings. The van der Waals surface area contributed by atoms with Crippen LogP contribution in [0.2, 0.25) is 0 Å². The Kier molecular flexibility index (Phi) is 4.64. The molecule has 3 rings (SSSR count). The summed E-state index contributed by atoms with van der Waals surface area (Å²) in [6.45, 7) is -0.0948. The number of imidazole rings is 1. The van der Waals surface area contributed by atoms with E-state index in [2.05, 4.69) is 10.3 Å². The van der Waals surface area contributed by atoms with Crippen LogP contribution in [0, 0.1) is 0 Å². The summed E-state index contributed by atoms with van der Waals surface area (Å²) in [5.74, 6) is 0.337. The SMILES string of the molecule is CSc1ccccc1NC(=O)Cn1c(CO)nc2ccccc21. The van der Waals surface area contributed by atoms with Gasteiger partial charge in [0.05, 0.1) is 16.7 Å². The molecule has 3 aromatic rings. The van der Waals surface area contributed by atoms with E-state index >= 15 is 0 Å². The van der Waals surface area contributed by atoms with E-state index in [0.29, 0.717) is 5.82 Å². The summed E-state index contributed by atoms with van der Waals surface area (Å²) in [7, 11) is 0. The smallest absolute Gasteiger partial charge is 0.244 e. The monoisotopic (exact) mass is 327 g/mol. The van der Waals surface area contributed by atoms with Gasteiger partial charge in [-0.25, -0.2) is 4.98 Å². The molecule has 0 spiro atoms. The molecule has 0 saturated carbocycles. The number of aliphatic hydroxyl groups is 1. The van der Waals surface area contributed by atoms with Gasteiger partial charge in [0.2, 0.25) is 5.91 Å². The molecule has 1 heterocycles. The Balaban J connectivity index is 1.86. The molecule has 6 heteroatoms. The lowest BCUT2D eigenvalue weighted by molar-refractivity contribution is -0.116. The quantitative estimate of drug-likeness (QED) is 0.707. The second kappa shape index (κ2) is 6.85. The second-order valence-electron chi connectivity index (χ2n) is 5.01. The van der Waals surface area contributed by atoms with Gasteiger partial charge in [-0.1, -0.05) is 24.3 Å². The van der Waals surface area contributed by atoms with E-state index in [1.54, 1.807) is 16.3 Å². The number of aromatic nitrogens is 2. The van der Waals surface area contributed by atoms with Crippen LogP contribution >= 0.6 is 11.8 Å². The molecule has 0 saturated heterocycles. The summed E-state index contributed by atoms with van der Waals surface area (Å²) in [6, 6.07) is 15.2. The topological polar surface area (TPSA) is 67.2 Å². The molecule has 1 amide bonds. The molecule has 0 aliphatic carbocycles.